The molecule has 4 aliphatic heterocycles. The Hall–Kier alpha value is -4.34. The van der Waals surface area contributed by atoms with Gasteiger partial charge >= 0.3 is 6.01 Å². The molecule has 0 spiro atoms. The highest BCUT2D eigenvalue weighted by Gasteiger charge is 2.49. The number of halogens is 3. The molecule has 3 fully saturated rings. The molecule has 4 atom stereocenters. The SMILES string of the molecule is C#Cc1c(F)ccc2cc(O)cc(-c3nc4c5c(nc(OC[C@@]67CCCN6C[C@H](F)C7)nc5c3F)N(C)[C@H]3COC[C@@H]3O4)c12. The maximum atomic E-state index is 16.8. The standard InChI is InChI=1S/C32H28F3N5O4/c1-3-19-21(34)6-5-16-9-18(41)10-20(24(16)19)27-26(35)28-25-29(39(2)22-13-42-14-23(22)44-30(25)36-27)38-31(37-28)43-15-32-7-4-8-40(32)12-17(33)11-32/h1,5-6,9-10,17,22-23,41H,4,7-8,11-15H2,2H3/t17-,22+,23+,32+/m1/s1. The molecular formula is C32H28F3N5O4. The van der Waals surface area contributed by atoms with Crippen molar-refractivity contribution in [3.63, 3.8) is 0 Å². The van der Waals surface area contributed by atoms with Gasteiger partial charge in [-0.1, -0.05) is 12.0 Å². The van der Waals surface area contributed by atoms with Crippen LogP contribution in [-0.4, -0.2) is 88.8 Å². The van der Waals surface area contributed by atoms with Gasteiger partial charge in [-0.15, -0.1) is 6.42 Å². The van der Waals surface area contributed by atoms with E-state index < -0.39 is 29.4 Å². The lowest BCUT2D eigenvalue weighted by Crippen LogP contribution is -2.44. The van der Waals surface area contributed by atoms with Crippen LogP contribution in [0.25, 0.3) is 32.9 Å². The maximum absolute atomic E-state index is 16.8. The molecule has 6 heterocycles. The summed E-state index contributed by atoms with van der Waals surface area (Å²) < 4.78 is 64.3. The lowest BCUT2D eigenvalue weighted by Gasteiger charge is -2.31. The monoisotopic (exact) mass is 603 g/mol. The number of terminal acetylenes is 1. The highest BCUT2D eigenvalue weighted by atomic mass is 19.1. The molecule has 12 heteroatoms. The summed E-state index contributed by atoms with van der Waals surface area (Å²) in [4.78, 5) is 17.8. The summed E-state index contributed by atoms with van der Waals surface area (Å²) in [5, 5.41) is 11.4. The van der Waals surface area contributed by atoms with Crippen molar-refractivity contribution in [2.75, 3.05) is 44.9 Å². The van der Waals surface area contributed by atoms with Gasteiger partial charge in [0.15, 0.2) is 5.82 Å². The Morgan fingerprint density at radius 2 is 2.05 bits per heavy atom. The highest BCUT2D eigenvalue weighted by molar-refractivity contribution is 6.04. The molecule has 0 bridgehead atoms. The number of ether oxygens (including phenoxy) is 3. The molecule has 9 nitrogen and oxygen atoms in total. The van der Waals surface area contributed by atoms with Crippen LogP contribution in [0.15, 0.2) is 24.3 Å². The number of alkyl halides is 1. The molecule has 0 aliphatic carbocycles. The van der Waals surface area contributed by atoms with Crippen LogP contribution in [0, 0.1) is 24.0 Å². The summed E-state index contributed by atoms with van der Waals surface area (Å²) in [7, 11) is 1.81. The van der Waals surface area contributed by atoms with E-state index in [0.29, 0.717) is 30.8 Å². The summed E-state index contributed by atoms with van der Waals surface area (Å²) in [6, 6.07) is 5.04. The fourth-order valence-corrected chi connectivity index (χ4v) is 7.38. The number of aromatic hydroxyl groups is 1. The van der Waals surface area contributed by atoms with E-state index in [1.54, 1.807) is 0 Å². The van der Waals surface area contributed by atoms with Crippen LogP contribution in [-0.2, 0) is 4.74 Å². The van der Waals surface area contributed by atoms with Crippen LogP contribution in [0.3, 0.4) is 0 Å². The Kier molecular flexibility index (Phi) is 6.09. The summed E-state index contributed by atoms with van der Waals surface area (Å²) in [5.41, 5.74) is -0.836. The first-order valence-corrected chi connectivity index (χ1v) is 14.6. The Morgan fingerprint density at radius 1 is 1.18 bits per heavy atom. The number of hydrogen-bond acceptors (Lipinski definition) is 9. The van der Waals surface area contributed by atoms with E-state index in [9.17, 15) is 13.9 Å². The molecule has 44 heavy (non-hydrogen) atoms. The Labute approximate surface area is 250 Å². The van der Waals surface area contributed by atoms with E-state index in [1.807, 2.05) is 11.9 Å². The number of aromatic nitrogens is 3. The van der Waals surface area contributed by atoms with Gasteiger partial charge in [0.05, 0.1) is 30.4 Å². The Morgan fingerprint density at radius 3 is 2.89 bits per heavy atom. The van der Waals surface area contributed by atoms with Crippen LogP contribution >= 0.6 is 0 Å². The molecule has 4 aliphatic rings. The number of fused-ring (bicyclic) bond motifs is 3. The van der Waals surface area contributed by atoms with Gasteiger partial charge in [0.2, 0.25) is 5.88 Å². The van der Waals surface area contributed by atoms with Crippen molar-refractivity contribution in [3.05, 3.63) is 41.5 Å². The van der Waals surface area contributed by atoms with E-state index >= 15 is 4.39 Å². The van der Waals surface area contributed by atoms with Crippen molar-refractivity contribution < 1.29 is 32.5 Å². The van der Waals surface area contributed by atoms with Gasteiger partial charge in [0.25, 0.3) is 0 Å². The van der Waals surface area contributed by atoms with Gasteiger partial charge in [-0.05, 0) is 43.0 Å². The molecule has 0 radical (unpaired) electrons. The van der Waals surface area contributed by atoms with Crippen molar-refractivity contribution >= 4 is 27.5 Å². The van der Waals surface area contributed by atoms with E-state index in [-0.39, 0.29) is 70.0 Å². The lowest BCUT2D eigenvalue weighted by atomic mass is 9.95. The highest BCUT2D eigenvalue weighted by Crippen LogP contribution is 2.45. The second-order valence-electron chi connectivity index (χ2n) is 12.0. The van der Waals surface area contributed by atoms with E-state index in [4.69, 9.17) is 25.6 Å². The van der Waals surface area contributed by atoms with Crippen LogP contribution in [0.5, 0.6) is 17.6 Å². The summed E-state index contributed by atoms with van der Waals surface area (Å²) in [5.74, 6) is 1.07. The van der Waals surface area contributed by atoms with Crippen LogP contribution < -0.4 is 14.4 Å². The summed E-state index contributed by atoms with van der Waals surface area (Å²) in [6.45, 7) is 1.94. The Balaban J connectivity index is 1.34. The molecule has 226 valence electrons. The minimum atomic E-state index is -0.938. The van der Waals surface area contributed by atoms with Crippen LogP contribution in [0.4, 0.5) is 19.0 Å². The number of pyridine rings is 1. The van der Waals surface area contributed by atoms with Crippen molar-refractivity contribution in [1.29, 1.82) is 0 Å². The van der Waals surface area contributed by atoms with Gasteiger partial charge in [-0.2, -0.15) is 9.97 Å². The fraction of sp³-hybridized carbons (Fsp3) is 0.406. The first kappa shape index (κ1) is 27.2. The molecule has 4 aromatic rings. The number of benzene rings is 2. The predicted molar refractivity (Wildman–Crippen MR) is 156 cm³/mol. The average Bonchev–Trinajstić information content (AvgIpc) is 3.69. The molecule has 2 aromatic carbocycles. The molecule has 1 N–H and O–H groups in total. The number of rotatable bonds is 4. The number of anilines is 1. The van der Waals surface area contributed by atoms with Gasteiger partial charge in [0.1, 0.15) is 52.9 Å². The normalized spacial score (nSPS) is 26.0. The summed E-state index contributed by atoms with van der Waals surface area (Å²) >= 11 is 0. The third-order valence-electron chi connectivity index (χ3n) is 9.49. The van der Waals surface area contributed by atoms with E-state index in [0.717, 1.165) is 19.4 Å². The van der Waals surface area contributed by atoms with Gasteiger partial charge in [-0.25, -0.2) is 18.2 Å². The number of phenolic OH excluding ortho intramolecular Hbond substituents is 1. The molecule has 0 amide bonds. The molecule has 8 rings (SSSR count). The topological polar surface area (TPSA) is 93.1 Å². The van der Waals surface area contributed by atoms with Crippen LogP contribution in [0.1, 0.15) is 24.8 Å². The number of likely N-dealkylation sites (N-methyl/N-ethyl adjacent to an activating group) is 1. The van der Waals surface area contributed by atoms with Crippen molar-refractivity contribution in [3.8, 4) is 41.2 Å². The van der Waals surface area contributed by atoms with Crippen molar-refractivity contribution in [2.24, 2.45) is 0 Å². The second-order valence-corrected chi connectivity index (χ2v) is 12.0. The molecule has 0 saturated carbocycles. The molecule has 2 aromatic heterocycles. The quantitative estimate of drug-likeness (QED) is 0.342. The lowest BCUT2D eigenvalue weighted by molar-refractivity contribution is 0.107. The third kappa shape index (κ3) is 3.99. The van der Waals surface area contributed by atoms with Gasteiger partial charge in [0, 0.05) is 31.0 Å². The second kappa shape index (κ2) is 9.84. The first-order valence-electron chi connectivity index (χ1n) is 14.6. The van der Waals surface area contributed by atoms with Gasteiger partial charge in [-0.3, -0.25) is 4.90 Å². The maximum Gasteiger partial charge on any atom is 0.319 e. The zero-order valence-electron chi connectivity index (χ0n) is 23.8. The zero-order valence-corrected chi connectivity index (χ0v) is 23.8. The van der Waals surface area contributed by atoms with Crippen LogP contribution in [0.2, 0.25) is 0 Å². The van der Waals surface area contributed by atoms with E-state index in [2.05, 4.69) is 20.8 Å². The molecule has 0 unspecified atom stereocenters. The fourth-order valence-electron chi connectivity index (χ4n) is 7.38. The zero-order chi connectivity index (χ0) is 30.3. The third-order valence-corrected chi connectivity index (χ3v) is 9.49. The van der Waals surface area contributed by atoms with Crippen molar-refractivity contribution in [1.82, 2.24) is 19.9 Å². The van der Waals surface area contributed by atoms with Gasteiger partial charge < -0.3 is 24.2 Å². The number of phenols is 1. The number of nitrogens with zero attached hydrogens (tertiary/aromatic N) is 5. The van der Waals surface area contributed by atoms with Crippen molar-refractivity contribution in [2.45, 2.75) is 43.1 Å². The Bertz CT molecular complexity index is 1900. The minimum Gasteiger partial charge on any atom is -0.508 e. The van der Waals surface area contributed by atoms with E-state index in [1.165, 1.54) is 24.3 Å². The molecular weight excluding hydrogens is 575 g/mol. The average molecular weight is 604 g/mol. The largest absolute Gasteiger partial charge is 0.508 e. The molecule has 3 saturated heterocycles. The number of hydrogen-bond donors (Lipinski definition) is 1. The first-order chi connectivity index (χ1) is 21.3. The minimum absolute atomic E-state index is 0.0644. The predicted octanol–water partition coefficient (Wildman–Crippen LogP) is 4.36. The summed E-state index contributed by atoms with van der Waals surface area (Å²) in [6.07, 6.45) is 6.38. The smallest absolute Gasteiger partial charge is 0.319 e.